The smallest absolute Gasteiger partial charge is 0.337 e. The van der Waals surface area contributed by atoms with Crippen molar-refractivity contribution in [1.82, 2.24) is 0 Å². The molecule has 0 atom stereocenters. The first-order chi connectivity index (χ1) is 15.8. The summed E-state index contributed by atoms with van der Waals surface area (Å²) in [5, 5.41) is 5.92. The van der Waals surface area contributed by atoms with Crippen molar-refractivity contribution in [3.63, 3.8) is 0 Å². The topological polar surface area (TPSA) is 55.4 Å². The molecule has 2 aromatic carbocycles. The molecule has 2 rings (SSSR count). The number of rotatable bonds is 11. The van der Waals surface area contributed by atoms with Gasteiger partial charge in [-0.25, -0.2) is 4.79 Å². The Bertz CT molecular complexity index is 894. The van der Waals surface area contributed by atoms with Gasteiger partial charge in [0.2, 0.25) is 0 Å². The number of carbonyl (C=O) groups is 2. The minimum Gasteiger partial charge on any atom is -0.465 e. The summed E-state index contributed by atoms with van der Waals surface area (Å²) in [5.41, 5.74) is 1.91. The first-order valence-electron chi connectivity index (χ1n) is 12.4. The van der Waals surface area contributed by atoms with Gasteiger partial charge in [-0.3, -0.25) is 4.79 Å². The second kappa shape index (κ2) is 11.8. The number of benzene rings is 2. The van der Waals surface area contributed by atoms with E-state index in [9.17, 15) is 9.59 Å². The fourth-order valence-corrected chi connectivity index (χ4v) is 12.5. The molecule has 2 aromatic rings. The maximum atomic E-state index is 13.4. The number of hydrogen-bond acceptors (Lipinski definition) is 3. The predicted octanol–water partition coefficient (Wildman–Crippen LogP) is 6.16. The van der Waals surface area contributed by atoms with E-state index in [-0.39, 0.29) is 11.9 Å². The van der Waals surface area contributed by atoms with Gasteiger partial charge in [0.1, 0.15) is 0 Å². The van der Waals surface area contributed by atoms with E-state index in [1.165, 1.54) is 53.7 Å². The van der Waals surface area contributed by atoms with Crippen LogP contribution in [0.3, 0.4) is 0 Å². The number of amides is 1. The largest absolute Gasteiger partial charge is 0.465 e. The van der Waals surface area contributed by atoms with Crippen LogP contribution in [0.15, 0.2) is 42.5 Å². The first-order valence-corrected chi connectivity index (χ1v) is 17.7. The van der Waals surface area contributed by atoms with Gasteiger partial charge in [-0.1, -0.05) is 106 Å². The lowest BCUT2D eigenvalue weighted by Gasteiger charge is -2.34. The predicted molar refractivity (Wildman–Crippen MR) is 146 cm³/mol. The van der Waals surface area contributed by atoms with Crippen molar-refractivity contribution in [2.75, 3.05) is 12.4 Å². The van der Waals surface area contributed by atoms with Crippen LogP contribution in [0.2, 0.25) is 36.3 Å². The Labute approximate surface area is 202 Å². The molecule has 0 radical (unpaired) electrons. The van der Waals surface area contributed by atoms with E-state index in [1.807, 2.05) is 0 Å². The van der Waals surface area contributed by atoms with Crippen LogP contribution in [-0.2, 0) is 4.74 Å². The van der Waals surface area contributed by atoms with Crippen LogP contribution in [-0.4, -0.2) is 35.1 Å². The molecule has 1 amide bonds. The zero-order chi connectivity index (χ0) is 24.6. The summed E-state index contributed by atoms with van der Waals surface area (Å²) in [6, 6.07) is 20.8. The summed E-state index contributed by atoms with van der Waals surface area (Å²) in [6.45, 7) is 13.9. The fourth-order valence-electron chi connectivity index (χ4n) is 5.11. The van der Waals surface area contributed by atoms with Crippen molar-refractivity contribution < 1.29 is 14.3 Å². The van der Waals surface area contributed by atoms with E-state index in [4.69, 9.17) is 4.74 Å². The molecule has 0 saturated heterocycles. The van der Waals surface area contributed by atoms with Crippen LogP contribution in [0.4, 0.5) is 5.69 Å². The van der Waals surface area contributed by atoms with E-state index in [2.05, 4.69) is 65.1 Å². The highest BCUT2D eigenvalue weighted by atomic mass is 28.3. The van der Waals surface area contributed by atoms with Gasteiger partial charge in [-0.15, -0.1) is 0 Å². The SMILES string of the molecule is CC[Si](CC)(CC)c1cc(C(=O)Nc2ccc(C(=O)OC)cc2)cc([Si](CC)(CC)CC)c1. The van der Waals surface area contributed by atoms with Crippen LogP contribution >= 0.6 is 0 Å². The molecule has 4 nitrogen and oxygen atoms in total. The number of hydrogen-bond donors (Lipinski definition) is 1. The van der Waals surface area contributed by atoms with E-state index in [1.54, 1.807) is 24.3 Å². The monoisotopic (exact) mass is 483 g/mol. The summed E-state index contributed by atoms with van der Waals surface area (Å²) in [5.74, 6) is -0.466. The molecule has 0 bridgehead atoms. The number of nitrogens with one attached hydrogen (secondary N) is 1. The summed E-state index contributed by atoms with van der Waals surface area (Å²) >= 11 is 0. The van der Waals surface area contributed by atoms with Crippen LogP contribution in [0.5, 0.6) is 0 Å². The summed E-state index contributed by atoms with van der Waals surface area (Å²) in [6.07, 6.45) is 0. The average molecular weight is 484 g/mol. The maximum Gasteiger partial charge on any atom is 0.337 e. The number of ether oxygens (including phenoxy) is 1. The van der Waals surface area contributed by atoms with E-state index < -0.39 is 16.1 Å². The zero-order valence-electron chi connectivity index (χ0n) is 21.5. The highest BCUT2D eigenvalue weighted by Crippen LogP contribution is 2.24. The van der Waals surface area contributed by atoms with Crippen LogP contribution < -0.4 is 15.7 Å². The minimum absolute atomic E-state index is 0.0821. The molecule has 0 aliphatic rings. The van der Waals surface area contributed by atoms with Crippen molar-refractivity contribution in [1.29, 1.82) is 0 Å². The summed E-state index contributed by atoms with van der Waals surface area (Å²) in [4.78, 5) is 25.1. The van der Waals surface area contributed by atoms with Crippen LogP contribution in [0.25, 0.3) is 0 Å². The van der Waals surface area contributed by atoms with Crippen molar-refractivity contribution in [3.8, 4) is 0 Å². The van der Waals surface area contributed by atoms with E-state index in [0.717, 1.165) is 5.56 Å². The van der Waals surface area contributed by atoms with Crippen molar-refractivity contribution in [3.05, 3.63) is 53.6 Å². The molecule has 6 heteroatoms. The third-order valence-corrected chi connectivity index (χ3v) is 19.2. The maximum absolute atomic E-state index is 13.4. The average Bonchev–Trinajstić information content (AvgIpc) is 2.87. The molecule has 0 spiro atoms. The van der Waals surface area contributed by atoms with Gasteiger partial charge in [0.15, 0.2) is 0 Å². The normalized spacial score (nSPS) is 11.8. The van der Waals surface area contributed by atoms with Gasteiger partial charge in [0.25, 0.3) is 5.91 Å². The molecule has 180 valence electrons. The summed E-state index contributed by atoms with van der Waals surface area (Å²) < 4.78 is 4.76. The molecule has 0 aliphatic heterocycles. The standard InChI is InChI=1S/C27H41NO3Si2/c1-8-32(9-2,10-3)24-18-22(19-25(20-24)33(11-4,12-5)13-6)26(29)28-23-16-14-21(15-17-23)27(30)31-7/h14-20H,8-13H2,1-7H3,(H,28,29). The second-order valence-electron chi connectivity index (χ2n) is 9.00. The first kappa shape index (κ1) is 27.1. The van der Waals surface area contributed by atoms with Gasteiger partial charge in [-0.05, 0) is 24.3 Å². The highest BCUT2D eigenvalue weighted by molar-refractivity contribution is 6.94. The highest BCUT2D eigenvalue weighted by Gasteiger charge is 2.34. The Balaban J connectivity index is 2.54. The number of anilines is 1. The van der Waals surface area contributed by atoms with Gasteiger partial charge >= 0.3 is 5.97 Å². The van der Waals surface area contributed by atoms with Gasteiger partial charge < -0.3 is 10.1 Å². The molecular weight excluding hydrogens is 442 g/mol. The van der Waals surface area contributed by atoms with Crippen molar-refractivity contribution >= 4 is 44.1 Å². The van der Waals surface area contributed by atoms with Crippen molar-refractivity contribution in [2.24, 2.45) is 0 Å². The Kier molecular flexibility index (Phi) is 9.67. The Morgan fingerprint density at radius 1 is 0.697 bits per heavy atom. The fraction of sp³-hybridized carbons (Fsp3) is 0.481. The van der Waals surface area contributed by atoms with Gasteiger partial charge in [0.05, 0.1) is 28.8 Å². The zero-order valence-corrected chi connectivity index (χ0v) is 23.5. The summed E-state index contributed by atoms with van der Waals surface area (Å²) in [7, 11) is -1.93. The molecule has 0 saturated carbocycles. The third kappa shape index (κ3) is 5.66. The minimum atomic E-state index is -1.64. The molecule has 1 N–H and O–H groups in total. The van der Waals surface area contributed by atoms with E-state index >= 15 is 0 Å². The molecule has 0 fully saturated rings. The number of methoxy groups -OCH3 is 1. The molecular formula is C27H41NO3Si2. The lowest BCUT2D eigenvalue weighted by atomic mass is 10.2. The van der Waals surface area contributed by atoms with Gasteiger partial charge in [0, 0.05) is 11.3 Å². The molecule has 0 unspecified atom stereocenters. The van der Waals surface area contributed by atoms with Crippen LogP contribution in [0, 0.1) is 0 Å². The lowest BCUT2D eigenvalue weighted by molar-refractivity contribution is 0.0600. The molecule has 0 aromatic heterocycles. The lowest BCUT2D eigenvalue weighted by Crippen LogP contribution is -2.52. The molecule has 0 heterocycles. The number of carbonyl (C=O) groups excluding carboxylic acids is 2. The van der Waals surface area contributed by atoms with Gasteiger partial charge in [-0.2, -0.15) is 0 Å². The Morgan fingerprint density at radius 2 is 1.12 bits per heavy atom. The Hall–Kier alpha value is -2.19. The molecule has 33 heavy (non-hydrogen) atoms. The second-order valence-corrected chi connectivity index (χ2v) is 19.5. The molecule has 0 aliphatic carbocycles. The van der Waals surface area contributed by atoms with Crippen molar-refractivity contribution in [2.45, 2.75) is 77.8 Å². The van der Waals surface area contributed by atoms with E-state index in [0.29, 0.717) is 11.3 Å². The quantitative estimate of drug-likeness (QED) is 0.308. The Morgan fingerprint density at radius 3 is 1.48 bits per heavy atom. The number of esters is 1. The van der Waals surface area contributed by atoms with Crippen LogP contribution in [0.1, 0.15) is 62.3 Å². The third-order valence-electron chi connectivity index (χ3n) is 8.04.